The van der Waals surface area contributed by atoms with Crippen LogP contribution in [0.2, 0.25) is 5.15 Å². The average molecular weight is 349 g/mol. The quantitative estimate of drug-likeness (QED) is 0.633. The van der Waals surface area contributed by atoms with Crippen LogP contribution in [0.3, 0.4) is 0 Å². The number of aromatic nitrogens is 1. The van der Waals surface area contributed by atoms with Gasteiger partial charge in [-0.2, -0.15) is 0 Å². The molecule has 1 fully saturated rings. The molecule has 0 amide bonds. The summed E-state index contributed by atoms with van der Waals surface area (Å²) >= 11 is 7.93. The lowest BCUT2D eigenvalue weighted by Gasteiger charge is -2.27. The van der Waals surface area contributed by atoms with E-state index >= 15 is 0 Å². The maximum absolute atomic E-state index is 13.2. The number of halogens is 2. The van der Waals surface area contributed by atoms with Gasteiger partial charge in [0, 0.05) is 30.2 Å². The number of benzene rings is 1. The first kappa shape index (κ1) is 14.9. The van der Waals surface area contributed by atoms with E-state index in [4.69, 9.17) is 16.3 Å². The van der Waals surface area contributed by atoms with E-state index in [-0.39, 0.29) is 5.82 Å². The molecular weight excluding hydrogens is 335 g/mol. The zero-order valence-corrected chi connectivity index (χ0v) is 13.8. The molecule has 1 aliphatic heterocycles. The second kappa shape index (κ2) is 6.07. The van der Waals surface area contributed by atoms with Crippen LogP contribution in [0.5, 0.6) is 0 Å². The van der Waals surface area contributed by atoms with Crippen LogP contribution in [0.1, 0.15) is 0 Å². The molecule has 1 aliphatic rings. The third kappa shape index (κ3) is 2.80. The maximum Gasteiger partial charge on any atom is 0.146 e. The van der Waals surface area contributed by atoms with Crippen LogP contribution >= 0.6 is 22.9 Å². The van der Waals surface area contributed by atoms with Crippen molar-refractivity contribution in [3.05, 3.63) is 47.5 Å². The highest BCUT2D eigenvalue weighted by atomic mass is 35.5. The molecule has 0 atom stereocenters. The van der Waals surface area contributed by atoms with Crippen molar-refractivity contribution < 1.29 is 9.13 Å². The molecule has 0 N–H and O–H groups in total. The van der Waals surface area contributed by atoms with Crippen LogP contribution in [-0.4, -0.2) is 31.3 Å². The van der Waals surface area contributed by atoms with Gasteiger partial charge in [0.2, 0.25) is 0 Å². The molecule has 3 nitrogen and oxygen atoms in total. The minimum atomic E-state index is -0.244. The molecule has 118 valence electrons. The van der Waals surface area contributed by atoms with Gasteiger partial charge in [0.1, 0.15) is 11.0 Å². The van der Waals surface area contributed by atoms with Crippen molar-refractivity contribution >= 4 is 38.0 Å². The second-order valence-electron chi connectivity index (χ2n) is 5.40. The fourth-order valence-electron chi connectivity index (χ4n) is 2.78. The van der Waals surface area contributed by atoms with Crippen LogP contribution in [0, 0.1) is 5.82 Å². The molecule has 3 aromatic rings. The summed E-state index contributed by atoms with van der Waals surface area (Å²) in [6.07, 6.45) is 1.76. The summed E-state index contributed by atoms with van der Waals surface area (Å²) in [6, 6.07) is 8.62. The largest absolute Gasteiger partial charge is 0.378 e. The molecule has 4 rings (SSSR count). The highest BCUT2D eigenvalue weighted by Gasteiger charge is 2.17. The van der Waals surface area contributed by atoms with Gasteiger partial charge in [-0.05, 0) is 23.8 Å². The first-order valence-electron chi connectivity index (χ1n) is 7.39. The predicted molar refractivity (Wildman–Crippen MR) is 93.1 cm³/mol. The van der Waals surface area contributed by atoms with Crippen LogP contribution in [0.15, 0.2) is 36.5 Å². The molecule has 0 spiro atoms. The minimum absolute atomic E-state index is 0.244. The topological polar surface area (TPSA) is 25.4 Å². The third-order valence-electron chi connectivity index (χ3n) is 3.98. The molecule has 0 bridgehead atoms. The third-order valence-corrected chi connectivity index (χ3v) is 5.58. The van der Waals surface area contributed by atoms with Crippen molar-refractivity contribution in [3.8, 4) is 11.1 Å². The summed E-state index contributed by atoms with van der Waals surface area (Å²) in [6.45, 7) is 3.24. The minimum Gasteiger partial charge on any atom is -0.378 e. The van der Waals surface area contributed by atoms with E-state index in [0.29, 0.717) is 5.15 Å². The Kier molecular flexibility index (Phi) is 3.93. The summed E-state index contributed by atoms with van der Waals surface area (Å²) in [5.74, 6) is -0.244. The van der Waals surface area contributed by atoms with Crippen LogP contribution in [0.4, 0.5) is 9.39 Å². The normalized spacial score (nSPS) is 15.3. The van der Waals surface area contributed by atoms with Gasteiger partial charge in [-0.1, -0.05) is 23.7 Å². The van der Waals surface area contributed by atoms with Gasteiger partial charge in [-0.15, -0.1) is 11.3 Å². The highest BCUT2D eigenvalue weighted by molar-refractivity contribution is 7.23. The van der Waals surface area contributed by atoms with E-state index in [9.17, 15) is 4.39 Å². The van der Waals surface area contributed by atoms with E-state index < -0.39 is 0 Å². The lowest BCUT2D eigenvalue weighted by Crippen LogP contribution is -2.35. The van der Waals surface area contributed by atoms with E-state index in [1.807, 2.05) is 0 Å². The number of ether oxygens (including phenoxy) is 1. The number of pyridine rings is 1. The van der Waals surface area contributed by atoms with Crippen LogP contribution in [-0.2, 0) is 4.74 Å². The van der Waals surface area contributed by atoms with E-state index in [1.165, 1.54) is 17.1 Å². The monoisotopic (exact) mass is 348 g/mol. The van der Waals surface area contributed by atoms with Gasteiger partial charge >= 0.3 is 0 Å². The number of hydrogen-bond donors (Lipinski definition) is 0. The van der Waals surface area contributed by atoms with Crippen molar-refractivity contribution in [2.24, 2.45) is 0 Å². The number of fused-ring (bicyclic) bond motifs is 1. The maximum atomic E-state index is 13.2. The summed E-state index contributed by atoms with van der Waals surface area (Å²) in [4.78, 5) is 6.61. The molecular formula is C17H14ClFN2OS. The Bertz CT molecular complexity index is 844. The fourth-order valence-corrected chi connectivity index (χ4v) is 4.16. The molecule has 6 heteroatoms. The van der Waals surface area contributed by atoms with Gasteiger partial charge in [-0.25, -0.2) is 9.37 Å². The first-order chi connectivity index (χ1) is 11.2. The number of anilines is 1. The van der Waals surface area contributed by atoms with Gasteiger partial charge in [0.05, 0.1) is 22.9 Å². The Labute approximate surface area is 142 Å². The lowest BCUT2D eigenvalue weighted by molar-refractivity contribution is 0.123. The molecule has 1 saturated heterocycles. The number of hydrogen-bond acceptors (Lipinski definition) is 4. The van der Waals surface area contributed by atoms with E-state index in [0.717, 1.165) is 47.5 Å². The molecule has 0 radical (unpaired) electrons. The number of rotatable bonds is 2. The van der Waals surface area contributed by atoms with Gasteiger partial charge in [0.25, 0.3) is 0 Å². The van der Waals surface area contributed by atoms with Gasteiger partial charge in [-0.3, -0.25) is 0 Å². The number of nitrogens with zero attached hydrogens (tertiary/aromatic N) is 2. The zero-order valence-electron chi connectivity index (χ0n) is 12.3. The molecule has 2 aromatic heterocycles. The van der Waals surface area contributed by atoms with E-state index in [1.54, 1.807) is 29.7 Å². The smallest absolute Gasteiger partial charge is 0.146 e. The Balaban J connectivity index is 1.83. The fraction of sp³-hybridized carbons (Fsp3) is 0.235. The summed E-state index contributed by atoms with van der Waals surface area (Å²) in [5, 5.41) is 2.74. The number of thiophene rings is 1. The van der Waals surface area contributed by atoms with Crippen molar-refractivity contribution in [2.75, 3.05) is 31.2 Å². The molecule has 0 aliphatic carbocycles. The van der Waals surface area contributed by atoms with Crippen molar-refractivity contribution in [1.82, 2.24) is 4.98 Å². The Morgan fingerprint density at radius 3 is 2.65 bits per heavy atom. The predicted octanol–water partition coefficient (Wildman–Crippen LogP) is 4.59. The summed E-state index contributed by atoms with van der Waals surface area (Å²) in [7, 11) is 0. The van der Waals surface area contributed by atoms with Gasteiger partial charge in [0.15, 0.2) is 0 Å². The van der Waals surface area contributed by atoms with Crippen molar-refractivity contribution in [2.45, 2.75) is 0 Å². The average Bonchev–Trinajstić information content (AvgIpc) is 3.03. The highest BCUT2D eigenvalue weighted by Crippen LogP contribution is 2.41. The van der Waals surface area contributed by atoms with Gasteiger partial charge < -0.3 is 9.64 Å². The Morgan fingerprint density at radius 1 is 1.17 bits per heavy atom. The lowest BCUT2D eigenvalue weighted by atomic mass is 10.0. The van der Waals surface area contributed by atoms with Crippen LogP contribution in [0.25, 0.3) is 21.2 Å². The SMILES string of the molecule is Fc1ccc(-c2cnc(Cl)c3sc(N4CCOCC4)cc23)cc1. The number of morpholine rings is 1. The van der Waals surface area contributed by atoms with E-state index in [2.05, 4.69) is 16.0 Å². The molecule has 3 heterocycles. The van der Waals surface area contributed by atoms with Crippen LogP contribution < -0.4 is 4.90 Å². The standard InChI is InChI=1S/C17H14ClFN2OS/c18-17-16-13(9-15(23-16)21-5-7-22-8-6-21)14(10-20-17)11-1-3-12(19)4-2-11/h1-4,9-10H,5-8H2. The molecule has 0 unspecified atom stereocenters. The Morgan fingerprint density at radius 2 is 1.91 bits per heavy atom. The van der Waals surface area contributed by atoms with Crippen molar-refractivity contribution in [3.63, 3.8) is 0 Å². The van der Waals surface area contributed by atoms with Crippen molar-refractivity contribution in [1.29, 1.82) is 0 Å². The zero-order chi connectivity index (χ0) is 15.8. The molecule has 1 aromatic carbocycles. The molecule has 0 saturated carbocycles. The summed E-state index contributed by atoms with van der Waals surface area (Å²) < 4.78 is 19.6. The summed E-state index contributed by atoms with van der Waals surface area (Å²) in [5.41, 5.74) is 1.91. The molecule has 23 heavy (non-hydrogen) atoms. The Hall–Kier alpha value is -1.69. The second-order valence-corrected chi connectivity index (χ2v) is 6.79. The first-order valence-corrected chi connectivity index (χ1v) is 8.58.